The van der Waals surface area contributed by atoms with Gasteiger partial charge in [-0.2, -0.15) is 0 Å². The van der Waals surface area contributed by atoms with Gasteiger partial charge in [0.2, 0.25) is 0 Å². The molecule has 0 spiro atoms. The van der Waals surface area contributed by atoms with Gasteiger partial charge in [-0.15, -0.1) is 0 Å². The van der Waals surface area contributed by atoms with Gasteiger partial charge in [-0.3, -0.25) is 0 Å². The molecule has 0 saturated carbocycles. The molecule has 0 unspecified atom stereocenters. The lowest BCUT2D eigenvalue weighted by molar-refractivity contribution is 0.124. The van der Waals surface area contributed by atoms with Gasteiger partial charge in [-0.1, -0.05) is 22.9 Å². The van der Waals surface area contributed by atoms with Gasteiger partial charge in [0.25, 0.3) is 0 Å². The Hall–Kier alpha value is -1.81. The summed E-state index contributed by atoms with van der Waals surface area (Å²) in [6, 6.07) is 10.1. The number of aromatic nitrogens is 1. The van der Waals surface area contributed by atoms with E-state index < -0.39 is 0 Å². The molecule has 0 atom stereocenters. The Balaban J connectivity index is 1.42. The summed E-state index contributed by atoms with van der Waals surface area (Å²) in [5.41, 5.74) is 2.26. The Bertz CT molecular complexity index is 534. The third kappa shape index (κ3) is 6.31. The van der Waals surface area contributed by atoms with Crippen LogP contribution in [0.2, 0.25) is 0 Å². The first-order valence-corrected chi connectivity index (χ1v) is 7.93. The van der Waals surface area contributed by atoms with Crippen molar-refractivity contribution in [3.05, 3.63) is 47.3 Å². The molecule has 4 heteroatoms. The summed E-state index contributed by atoms with van der Waals surface area (Å²) >= 11 is 0. The highest BCUT2D eigenvalue weighted by Crippen LogP contribution is 2.11. The molecule has 0 N–H and O–H groups in total. The van der Waals surface area contributed by atoms with E-state index in [9.17, 15) is 0 Å². The van der Waals surface area contributed by atoms with Gasteiger partial charge in [0.15, 0.2) is 0 Å². The SMILES string of the molecule is Cc1ccc(OCCCCOCCCc2cc(C)on2)cc1. The Kier molecular flexibility index (Phi) is 6.97. The Morgan fingerprint density at radius 3 is 2.41 bits per heavy atom. The smallest absolute Gasteiger partial charge is 0.133 e. The Morgan fingerprint density at radius 1 is 0.955 bits per heavy atom. The van der Waals surface area contributed by atoms with Crippen molar-refractivity contribution >= 4 is 0 Å². The second-order valence-corrected chi connectivity index (χ2v) is 5.51. The van der Waals surface area contributed by atoms with Crippen LogP contribution in [0.4, 0.5) is 0 Å². The minimum atomic E-state index is 0.741. The molecule has 0 fully saturated rings. The predicted molar refractivity (Wildman–Crippen MR) is 86.3 cm³/mol. The summed E-state index contributed by atoms with van der Waals surface area (Å²) in [7, 11) is 0. The van der Waals surface area contributed by atoms with E-state index in [1.807, 2.05) is 25.1 Å². The molecule has 0 amide bonds. The van der Waals surface area contributed by atoms with Crippen LogP contribution in [0.3, 0.4) is 0 Å². The molecule has 0 bridgehead atoms. The normalized spacial score (nSPS) is 10.8. The molecular weight excluding hydrogens is 278 g/mol. The third-order valence-corrected chi connectivity index (χ3v) is 3.37. The van der Waals surface area contributed by atoms with E-state index in [2.05, 4.69) is 24.2 Å². The summed E-state index contributed by atoms with van der Waals surface area (Å²) < 4.78 is 16.3. The second-order valence-electron chi connectivity index (χ2n) is 5.51. The van der Waals surface area contributed by atoms with E-state index in [0.717, 1.165) is 62.7 Å². The number of rotatable bonds is 10. The lowest BCUT2D eigenvalue weighted by Gasteiger charge is -2.07. The molecule has 0 radical (unpaired) electrons. The maximum absolute atomic E-state index is 5.67. The van der Waals surface area contributed by atoms with E-state index >= 15 is 0 Å². The van der Waals surface area contributed by atoms with Gasteiger partial charge in [0.1, 0.15) is 11.5 Å². The maximum Gasteiger partial charge on any atom is 0.133 e. The van der Waals surface area contributed by atoms with Crippen LogP contribution in [-0.2, 0) is 11.2 Å². The quantitative estimate of drug-likeness (QED) is 0.620. The van der Waals surface area contributed by atoms with Gasteiger partial charge >= 0.3 is 0 Å². The topological polar surface area (TPSA) is 44.5 Å². The lowest BCUT2D eigenvalue weighted by Crippen LogP contribution is -2.02. The van der Waals surface area contributed by atoms with Crippen molar-refractivity contribution in [2.75, 3.05) is 19.8 Å². The number of hydrogen-bond donors (Lipinski definition) is 0. The summed E-state index contributed by atoms with van der Waals surface area (Å²) in [4.78, 5) is 0. The zero-order valence-corrected chi connectivity index (χ0v) is 13.5. The molecule has 22 heavy (non-hydrogen) atoms. The highest BCUT2D eigenvalue weighted by molar-refractivity contribution is 5.26. The number of nitrogens with zero attached hydrogens (tertiary/aromatic N) is 1. The van der Waals surface area contributed by atoms with Crippen molar-refractivity contribution in [3.8, 4) is 5.75 Å². The van der Waals surface area contributed by atoms with Crippen molar-refractivity contribution < 1.29 is 14.0 Å². The zero-order valence-electron chi connectivity index (χ0n) is 13.5. The largest absolute Gasteiger partial charge is 0.494 e. The molecule has 1 aromatic carbocycles. The van der Waals surface area contributed by atoms with Crippen molar-refractivity contribution in [3.63, 3.8) is 0 Å². The van der Waals surface area contributed by atoms with Gasteiger partial charge < -0.3 is 14.0 Å². The van der Waals surface area contributed by atoms with Crippen LogP contribution in [0.15, 0.2) is 34.9 Å². The van der Waals surface area contributed by atoms with Crippen LogP contribution in [-0.4, -0.2) is 25.0 Å². The average Bonchev–Trinajstić information content (AvgIpc) is 2.93. The van der Waals surface area contributed by atoms with E-state index in [0.29, 0.717) is 0 Å². The van der Waals surface area contributed by atoms with E-state index in [1.165, 1.54) is 5.56 Å². The first-order chi connectivity index (χ1) is 10.7. The highest BCUT2D eigenvalue weighted by Gasteiger charge is 2.00. The van der Waals surface area contributed by atoms with E-state index in [-0.39, 0.29) is 0 Å². The van der Waals surface area contributed by atoms with Crippen LogP contribution in [0.5, 0.6) is 5.75 Å². The van der Waals surface area contributed by atoms with Crippen LogP contribution < -0.4 is 4.74 Å². The first kappa shape index (κ1) is 16.6. The van der Waals surface area contributed by atoms with Crippen LogP contribution in [0.1, 0.15) is 36.3 Å². The number of hydrogen-bond acceptors (Lipinski definition) is 4. The first-order valence-electron chi connectivity index (χ1n) is 7.93. The van der Waals surface area contributed by atoms with Crippen LogP contribution in [0.25, 0.3) is 0 Å². The molecule has 1 aromatic heterocycles. The molecule has 0 aliphatic heterocycles. The Morgan fingerprint density at radius 2 is 1.68 bits per heavy atom. The van der Waals surface area contributed by atoms with Crippen molar-refractivity contribution in [1.29, 1.82) is 0 Å². The summed E-state index contributed by atoms with van der Waals surface area (Å²) in [6.07, 6.45) is 3.92. The van der Waals surface area contributed by atoms with Crippen molar-refractivity contribution in [2.45, 2.75) is 39.5 Å². The van der Waals surface area contributed by atoms with Crippen LogP contribution >= 0.6 is 0 Å². The molecule has 2 aromatic rings. The molecule has 0 saturated heterocycles. The Labute approximate surface area is 132 Å². The minimum Gasteiger partial charge on any atom is -0.494 e. The second kappa shape index (κ2) is 9.26. The maximum atomic E-state index is 5.67. The fourth-order valence-electron chi connectivity index (χ4n) is 2.12. The van der Waals surface area contributed by atoms with Gasteiger partial charge in [0.05, 0.1) is 12.3 Å². The van der Waals surface area contributed by atoms with E-state index in [4.69, 9.17) is 14.0 Å². The van der Waals surface area contributed by atoms with Crippen molar-refractivity contribution in [1.82, 2.24) is 5.16 Å². The standard InChI is InChI=1S/C18H25NO3/c1-15-7-9-18(10-8-15)21-13-4-3-11-20-12-5-6-17-14-16(2)22-19-17/h7-10,14H,3-6,11-13H2,1-2H3. The van der Waals surface area contributed by atoms with Gasteiger partial charge in [-0.05, 0) is 51.7 Å². The fourth-order valence-corrected chi connectivity index (χ4v) is 2.12. The molecule has 1 heterocycles. The summed E-state index contributed by atoms with van der Waals surface area (Å²) in [5.74, 6) is 1.80. The third-order valence-electron chi connectivity index (χ3n) is 3.37. The summed E-state index contributed by atoms with van der Waals surface area (Å²) in [5, 5.41) is 3.96. The molecule has 4 nitrogen and oxygen atoms in total. The molecule has 0 aliphatic rings. The monoisotopic (exact) mass is 303 g/mol. The van der Waals surface area contributed by atoms with Crippen LogP contribution in [0, 0.1) is 13.8 Å². The number of aryl methyl sites for hydroxylation is 3. The highest BCUT2D eigenvalue weighted by atomic mass is 16.5. The predicted octanol–water partition coefficient (Wildman–Crippen LogP) is 4.10. The molecule has 120 valence electrons. The number of ether oxygens (including phenoxy) is 2. The number of benzene rings is 1. The lowest BCUT2D eigenvalue weighted by atomic mass is 10.2. The zero-order chi connectivity index (χ0) is 15.6. The van der Waals surface area contributed by atoms with Gasteiger partial charge in [-0.25, -0.2) is 0 Å². The number of unbranched alkanes of at least 4 members (excludes halogenated alkanes) is 1. The fraction of sp³-hybridized carbons (Fsp3) is 0.500. The minimum absolute atomic E-state index is 0.741. The molecule has 0 aliphatic carbocycles. The molecular formula is C18H25NO3. The van der Waals surface area contributed by atoms with E-state index in [1.54, 1.807) is 0 Å². The van der Waals surface area contributed by atoms with Gasteiger partial charge in [0, 0.05) is 19.3 Å². The van der Waals surface area contributed by atoms with Crippen molar-refractivity contribution in [2.24, 2.45) is 0 Å². The summed E-state index contributed by atoms with van der Waals surface area (Å²) in [6.45, 7) is 6.28. The average molecular weight is 303 g/mol. The molecule has 2 rings (SSSR count).